The molecule has 0 radical (unpaired) electrons. The maximum Gasteiger partial charge on any atom is 0.337 e. The van der Waals surface area contributed by atoms with Crippen molar-refractivity contribution in [2.75, 3.05) is 7.11 Å². The molecule has 78 valence electrons. The first kappa shape index (κ1) is 11.0. The van der Waals surface area contributed by atoms with Crippen LogP contribution in [0.1, 0.15) is 17.2 Å². The second kappa shape index (κ2) is 4.44. The summed E-state index contributed by atoms with van der Waals surface area (Å²) < 4.78 is 4.88. The van der Waals surface area contributed by atoms with E-state index in [0.717, 1.165) is 0 Å². The highest BCUT2D eigenvalue weighted by Crippen LogP contribution is 2.23. The first-order chi connectivity index (χ1) is 7.10. The fourth-order valence-corrected chi connectivity index (χ4v) is 1.11. The average Bonchev–Trinajstić information content (AvgIpc) is 2.26. The van der Waals surface area contributed by atoms with Crippen molar-refractivity contribution in [3.05, 3.63) is 29.3 Å². The maximum absolute atomic E-state index is 10.5. The predicted octanol–water partition coefficient (Wildman–Crippen LogP) is 0.685. The molecule has 1 unspecified atom stereocenters. The lowest BCUT2D eigenvalue weighted by atomic mass is 10.1. The number of carbonyl (C=O) groups is 1. The zero-order valence-corrected chi connectivity index (χ0v) is 7.97. The Kier molecular flexibility index (Phi) is 3.26. The largest absolute Gasteiger partial charge is 0.495 e. The number of ether oxygens (including phenoxy) is 1. The summed E-state index contributed by atoms with van der Waals surface area (Å²) in [5, 5.41) is 26.5. The molecule has 1 atom stereocenters. The Morgan fingerprint density at radius 3 is 2.73 bits per heavy atom. The molecule has 0 heterocycles. The lowest BCUT2D eigenvalue weighted by Gasteiger charge is -2.08. The van der Waals surface area contributed by atoms with E-state index < -0.39 is 12.1 Å². The summed E-state index contributed by atoms with van der Waals surface area (Å²) in [6.45, 7) is 0. The number of aliphatic hydroxyl groups excluding tert-OH is 1. The van der Waals surface area contributed by atoms with Crippen molar-refractivity contribution in [2.24, 2.45) is 0 Å². The summed E-state index contributed by atoms with van der Waals surface area (Å²) in [4.78, 5) is 10.5. The number of hydrogen-bond donors (Lipinski definition) is 2. The van der Waals surface area contributed by atoms with Crippen molar-refractivity contribution < 1.29 is 19.7 Å². The molecule has 0 bridgehead atoms. The number of nitrogens with zero attached hydrogens (tertiary/aromatic N) is 1. The smallest absolute Gasteiger partial charge is 0.337 e. The summed E-state index contributed by atoms with van der Waals surface area (Å²) in [6, 6.07) is 6.00. The molecule has 0 aliphatic carbocycles. The quantitative estimate of drug-likeness (QED) is 0.760. The third kappa shape index (κ3) is 2.24. The predicted molar refractivity (Wildman–Crippen MR) is 50.3 cm³/mol. The minimum absolute atomic E-state index is 0.179. The first-order valence-corrected chi connectivity index (χ1v) is 4.09. The van der Waals surface area contributed by atoms with Crippen LogP contribution in [0.4, 0.5) is 0 Å². The summed E-state index contributed by atoms with van der Waals surface area (Å²) in [5.41, 5.74) is 0.470. The number of hydrogen-bond acceptors (Lipinski definition) is 4. The molecule has 1 aromatic rings. The first-order valence-electron chi connectivity index (χ1n) is 4.09. The zero-order chi connectivity index (χ0) is 11.4. The fraction of sp³-hybridized carbons (Fsp3) is 0.200. The highest BCUT2D eigenvalue weighted by molar-refractivity contribution is 5.74. The molecule has 15 heavy (non-hydrogen) atoms. The van der Waals surface area contributed by atoms with Gasteiger partial charge in [0, 0.05) is 0 Å². The van der Waals surface area contributed by atoms with Gasteiger partial charge in [0.05, 0.1) is 12.7 Å². The minimum atomic E-state index is -1.60. The van der Waals surface area contributed by atoms with Gasteiger partial charge < -0.3 is 14.9 Å². The molecule has 5 nitrogen and oxygen atoms in total. The Morgan fingerprint density at radius 1 is 1.60 bits per heavy atom. The van der Waals surface area contributed by atoms with Crippen LogP contribution in [0.15, 0.2) is 18.2 Å². The SMILES string of the molecule is COc1cc(C(O)C(=O)O)ccc1C#N. The molecule has 0 aliphatic heterocycles. The highest BCUT2D eigenvalue weighted by Gasteiger charge is 2.17. The van der Waals surface area contributed by atoms with Crippen LogP contribution in [-0.4, -0.2) is 23.3 Å². The van der Waals surface area contributed by atoms with Crippen molar-refractivity contribution in [3.63, 3.8) is 0 Å². The maximum atomic E-state index is 10.5. The Hall–Kier alpha value is -2.06. The second-order valence-corrected chi connectivity index (χ2v) is 2.81. The van der Waals surface area contributed by atoms with Gasteiger partial charge in [-0.05, 0) is 17.7 Å². The van der Waals surface area contributed by atoms with Gasteiger partial charge in [-0.2, -0.15) is 5.26 Å². The van der Waals surface area contributed by atoms with Gasteiger partial charge in [-0.1, -0.05) is 6.07 Å². The van der Waals surface area contributed by atoms with E-state index in [4.69, 9.17) is 15.1 Å². The van der Waals surface area contributed by atoms with Gasteiger partial charge >= 0.3 is 5.97 Å². The standard InChI is InChI=1S/C10H9NO4/c1-15-8-4-6(9(12)10(13)14)2-3-7(8)5-11/h2-4,9,12H,1H3,(H,13,14). The molecular weight excluding hydrogens is 198 g/mol. The molecule has 0 amide bonds. The summed E-state index contributed by atoms with van der Waals surface area (Å²) in [5.74, 6) is -1.10. The minimum Gasteiger partial charge on any atom is -0.495 e. The molecule has 1 aromatic carbocycles. The van der Waals surface area contributed by atoms with Crippen LogP contribution >= 0.6 is 0 Å². The number of methoxy groups -OCH3 is 1. The van der Waals surface area contributed by atoms with Crippen LogP contribution in [-0.2, 0) is 4.79 Å². The molecule has 0 saturated carbocycles. The van der Waals surface area contributed by atoms with Crippen LogP contribution in [0.25, 0.3) is 0 Å². The van der Waals surface area contributed by atoms with Crippen molar-refractivity contribution in [3.8, 4) is 11.8 Å². The van der Waals surface area contributed by atoms with Gasteiger partial charge in [-0.3, -0.25) is 0 Å². The van der Waals surface area contributed by atoms with Gasteiger partial charge in [-0.15, -0.1) is 0 Å². The van der Waals surface area contributed by atoms with Gasteiger partial charge in [-0.25, -0.2) is 4.79 Å². The van der Waals surface area contributed by atoms with Gasteiger partial charge in [0.15, 0.2) is 6.10 Å². The number of aliphatic carboxylic acids is 1. The molecule has 0 aromatic heterocycles. The van der Waals surface area contributed by atoms with Gasteiger partial charge in [0.1, 0.15) is 11.8 Å². The van der Waals surface area contributed by atoms with Crippen LogP contribution in [0.5, 0.6) is 5.75 Å². The number of benzene rings is 1. The van der Waals surface area contributed by atoms with E-state index in [2.05, 4.69) is 0 Å². The average molecular weight is 207 g/mol. The Labute approximate surface area is 86.1 Å². The van der Waals surface area contributed by atoms with E-state index in [0.29, 0.717) is 5.56 Å². The van der Waals surface area contributed by atoms with E-state index in [1.165, 1.54) is 25.3 Å². The summed E-state index contributed by atoms with van der Waals surface area (Å²) >= 11 is 0. The summed E-state index contributed by atoms with van der Waals surface area (Å²) in [6.07, 6.45) is -1.60. The second-order valence-electron chi connectivity index (χ2n) is 2.81. The van der Waals surface area contributed by atoms with Gasteiger partial charge in [0.2, 0.25) is 0 Å². The molecule has 0 spiro atoms. The Morgan fingerprint density at radius 2 is 2.27 bits per heavy atom. The van der Waals surface area contributed by atoms with Crippen LogP contribution in [0, 0.1) is 11.3 Å². The monoisotopic (exact) mass is 207 g/mol. The van der Waals surface area contributed by atoms with E-state index >= 15 is 0 Å². The topological polar surface area (TPSA) is 90.6 Å². The van der Waals surface area contributed by atoms with Crippen LogP contribution < -0.4 is 4.74 Å². The van der Waals surface area contributed by atoms with Crippen molar-refractivity contribution >= 4 is 5.97 Å². The van der Waals surface area contributed by atoms with Crippen LogP contribution in [0.3, 0.4) is 0 Å². The molecule has 0 fully saturated rings. The zero-order valence-electron chi connectivity index (χ0n) is 7.97. The Balaban J connectivity index is 3.15. The number of aliphatic hydroxyl groups is 1. The molecule has 1 rings (SSSR count). The third-order valence-corrected chi connectivity index (χ3v) is 1.90. The summed E-state index contributed by atoms with van der Waals surface area (Å²) in [7, 11) is 1.37. The normalized spacial score (nSPS) is 11.5. The van der Waals surface area contributed by atoms with Crippen LogP contribution in [0.2, 0.25) is 0 Å². The number of nitriles is 1. The molecule has 2 N–H and O–H groups in total. The van der Waals surface area contributed by atoms with E-state index in [9.17, 15) is 9.90 Å². The Bertz CT molecular complexity index is 422. The van der Waals surface area contributed by atoms with Crippen molar-refractivity contribution in [1.29, 1.82) is 5.26 Å². The van der Waals surface area contributed by atoms with E-state index in [1.54, 1.807) is 0 Å². The molecule has 0 saturated heterocycles. The number of carboxylic acid groups (broad SMARTS) is 1. The number of rotatable bonds is 3. The molecule has 0 aliphatic rings. The van der Waals surface area contributed by atoms with Crippen molar-refractivity contribution in [2.45, 2.75) is 6.10 Å². The number of carboxylic acids is 1. The van der Waals surface area contributed by atoms with E-state index in [-0.39, 0.29) is 11.3 Å². The molecular formula is C10H9NO4. The van der Waals surface area contributed by atoms with Crippen molar-refractivity contribution in [1.82, 2.24) is 0 Å². The highest BCUT2D eigenvalue weighted by atomic mass is 16.5. The van der Waals surface area contributed by atoms with E-state index in [1.807, 2.05) is 6.07 Å². The lowest BCUT2D eigenvalue weighted by Crippen LogP contribution is -2.10. The third-order valence-electron chi connectivity index (χ3n) is 1.90. The van der Waals surface area contributed by atoms with Gasteiger partial charge in [0.25, 0.3) is 0 Å². The molecule has 5 heteroatoms. The fourth-order valence-electron chi connectivity index (χ4n) is 1.11. The lowest BCUT2D eigenvalue weighted by molar-refractivity contribution is -0.146.